The summed E-state index contributed by atoms with van der Waals surface area (Å²) in [6, 6.07) is 10.9. The maximum Gasteiger partial charge on any atom is 0.293 e. The Labute approximate surface area is 137 Å². The quantitative estimate of drug-likeness (QED) is 0.730. The Morgan fingerprint density at radius 2 is 2.04 bits per heavy atom. The summed E-state index contributed by atoms with van der Waals surface area (Å²) in [5, 5.41) is 4.41. The molecule has 0 radical (unpaired) electrons. The monoisotopic (exact) mass is 329 g/mol. The van der Waals surface area contributed by atoms with E-state index in [1.165, 1.54) is 28.9 Å². The molecule has 7 heteroatoms. The first kappa shape index (κ1) is 15.9. The van der Waals surface area contributed by atoms with Crippen molar-refractivity contribution in [1.82, 2.24) is 15.3 Å². The van der Waals surface area contributed by atoms with Crippen LogP contribution >= 0.6 is 0 Å². The van der Waals surface area contributed by atoms with Crippen molar-refractivity contribution < 1.29 is 18.4 Å². The molecular weight excluding hydrogens is 313 g/mol. The molecule has 24 heavy (non-hydrogen) atoms. The summed E-state index contributed by atoms with van der Waals surface area (Å²) in [6.45, 7) is 3.92. The van der Waals surface area contributed by atoms with Gasteiger partial charge in [-0.25, -0.2) is 14.6 Å². The number of benzene rings is 1. The van der Waals surface area contributed by atoms with E-state index in [-0.39, 0.29) is 11.5 Å². The molecule has 0 aliphatic rings. The lowest BCUT2D eigenvalue weighted by atomic mass is 10.2. The van der Waals surface area contributed by atoms with E-state index in [1.54, 1.807) is 19.1 Å². The lowest BCUT2D eigenvalue weighted by Gasteiger charge is -2.07. The van der Waals surface area contributed by atoms with Crippen LogP contribution in [0.3, 0.4) is 0 Å². The number of hydroxylamine groups is 1. The molecule has 0 saturated carbocycles. The van der Waals surface area contributed by atoms with Gasteiger partial charge in [0.2, 0.25) is 0 Å². The Balaban J connectivity index is 2.05. The number of hydrogen-bond acceptors (Lipinski definition) is 4. The number of hydrogen-bond donors (Lipinski definition) is 1. The maximum absolute atomic E-state index is 13.2. The fourth-order valence-corrected chi connectivity index (χ4v) is 2.20. The van der Waals surface area contributed by atoms with Gasteiger partial charge >= 0.3 is 0 Å². The van der Waals surface area contributed by atoms with Gasteiger partial charge in [0.05, 0.1) is 12.3 Å². The standard InChI is InChI=1S/C17H16FN3O3/c1-3-23-20-17(22)15-10-14(16-9-4-11(2)24-16)19-21(15)13-7-5-12(18)6-8-13/h4-10H,3H2,1-2H3,(H,20,22). The van der Waals surface area contributed by atoms with Crippen LogP contribution in [0.1, 0.15) is 23.2 Å². The summed E-state index contributed by atoms with van der Waals surface area (Å²) in [5.74, 6) is 0.455. The van der Waals surface area contributed by atoms with E-state index < -0.39 is 5.91 Å². The van der Waals surface area contributed by atoms with Crippen molar-refractivity contribution in [3.63, 3.8) is 0 Å². The second kappa shape index (κ2) is 6.67. The molecule has 0 unspecified atom stereocenters. The maximum atomic E-state index is 13.2. The minimum Gasteiger partial charge on any atom is -0.460 e. The SMILES string of the molecule is CCONC(=O)c1cc(-c2ccc(C)o2)nn1-c1ccc(F)cc1. The van der Waals surface area contributed by atoms with Crippen LogP contribution in [-0.4, -0.2) is 22.3 Å². The molecule has 124 valence electrons. The topological polar surface area (TPSA) is 69.3 Å². The van der Waals surface area contributed by atoms with Crippen LogP contribution in [-0.2, 0) is 4.84 Å². The van der Waals surface area contributed by atoms with Crippen LogP contribution in [0.2, 0.25) is 0 Å². The highest BCUT2D eigenvalue weighted by atomic mass is 19.1. The molecule has 0 fully saturated rings. The summed E-state index contributed by atoms with van der Waals surface area (Å²) >= 11 is 0. The number of nitrogens with one attached hydrogen (secondary N) is 1. The number of halogens is 1. The summed E-state index contributed by atoms with van der Waals surface area (Å²) in [5.41, 5.74) is 3.63. The minimum atomic E-state index is -0.455. The van der Waals surface area contributed by atoms with E-state index in [1.807, 2.05) is 13.0 Å². The van der Waals surface area contributed by atoms with Gasteiger partial charge in [0, 0.05) is 6.07 Å². The van der Waals surface area contributed by atoms with Crippen molar-refractivity contribution in [2.45, 2.75) is 13.8 Å². The number of carbonyl (C=O) groups is 1. The molecule has 1 amide bonds. The molecule has 0 bridgehead atoms. The predicted molar refractivity (Wildman–Crippen MR) is 85.1 cm³/mol. The van der Waals surface area contributed by atoms with E-state index in [9.17, 15) is 9.18 Å². The van der Waals surface area contributed by atoms with Gasteiger partial charge in [0.15, 0.2) is 5.76 Å². The van der Waals surface area contributed by atoms with Gasteiger partial charge in [0.1, 0.15) is 23.0 Å². The van der Waals surface area contributed by atoms with Crippen LogP contribution in [0.25, 0.3) is 17.1 Å². The Morgan fingerprint density at radius 1 is 1.29 bits per heavy atom. The first-order chi connectivity index (χ1) is 11.6. The van der Waals surface area contributed by atoms with Crippen molar-refractivity contribution in [1.29, 1.82) is 0 Å². The molecule has 6 nitrogen and oxygen atoms in total. The van der Waals surface area contributed by atoms with Gasteiger partial charge in [-0.2, -0.15) is 5.10 Å². The first-order valence-corrected chi connectivity index (χ1v) is 7.43. The largest absolute Gasteiger partial charge is 0.460 e. The molecule has 3 rings (SSSR count). The zero-order valence-electron chi connectivity index (χ0n) is 13.2. The van der Waals surface area contributed by atoms with Gasteiger partial charge < -0.3 is 4.42 Å². The van der Waals surface area contributed by atoms with Crippen LogP contribution in [0.15, 0.2) is 46.9 Å². The van der Waals surface area contributed by atoms with Crippen molar-refractivity contribution in [3.05, 3.63) is 59.7 Å². The van der Waals surface area contributed by atoms with E-state index in [4.69, 9.17) is 9.25 Å². The second-order valence-electron chi connectivity index (χ2n) is 5.08. The second-order valence-corrected chi connectivity index (χ2v) is 5.08. The van der Waals surface area contributed by atoms with Crippen molar-refractivity contribution >= 4 is 5.91 Å². The van der Waals surface area contributed by atoms with Gasteiger partial charge in [-0.1, -0.05) is 0 Å². The molecule has 0 saturated heterocycles. The van der Waals surface area contributed by atoms with E-state index in [2.05, 4.69) is 10.6 Å². The van der Waals surface area contributed by atoms with Crippen LogP contribution in [0.4, 0.5) is 4.39 Å². The molecule has 0 aliphatic carbocycles. The van der Waals surface area contributed by atoms with Crippen LogP contribution < -0.4 is 5.48 Å². The third kappa shape index (κ3) is 3.21. The third-order valence-corrected chi connectivity index (χ3v) is 3.32. The predicted octanol–water partition coefficient (Wildman–Crippen LogP) is 3.26. The summed E-state index contributed by atoms with van der Waals surface area (Å²) in [6.07, 6.45) is 0. The Morgan fingerprint density at radius 3 is 2.67 bits per heavy atom. The Kier molecular flexibility index (Phi) is 4.43. The molecule has 0 spiro atoms. The normalized spacial score (nSPS) is 10.8. The van der Waals surface area contributed by atoms with Gasteiger partial charge in [-0.15, -0.1) is 0 Å². The van der Waals surface area contributed by atoms with Crippen LogP contribution in [0, 0.1) is 12.7 Å². The number of carbonyl (C=O) groups excluding carboxylic acids is 1. The molecule has 0 atom stereocenters. The third-order valence-electron chi connectivity index (χ3n) is 3.32. The van der Waals surface area contributed by atoms with Gasteiger partial charge in [-0.05, 0) is 50.2 Å². The molecule has 0 aliphatic heterocycles. The lowest BCUT2D eigenvalue weighted by Crippen LogP contribution is -2.26. The van der Waals surface area contributed by atoms with Crippen molar-refractivity contribution in [3.8, 4) is 17.1 Å². The Bertz CT molecular complexity index is 852. The fourth-order valence-electron chi connectivity index (χ4n) is 2.20. The highest BCUT2D eigenvalue weighted by molar-refractivity contribution is 5.93. The summed E-state index contributed by atoms with van der Waals surface area (Å²) in [7, 11) is 0. The number of nitrogens with zero attached hydrogens (tertiary/aromatic N) is 2. The fraction of sp³-hybridized carbons (Fsp3) is 0.176. The molecule has 3 aromatic rings. The zero-order valence-corrected chi connectivity index (χ0v) is 13.2. The minimum absolute atomic E-state index is 0.249. The smallest absolute Gasteiger partial charge is 0.293 e. The lowest BCUT2D eigenvalue weighted by molar-refractivity contribution is 0.0357. The highest BCUT2D eigenvalue weighted by Crippen LogP contribution is 2.24. The van der Waals surface area contributed by atoms with Gasteiger partial charge in [0.25, 0.3) is 5.91 Å². The number of amides is 1. The molecule has 1 N–H and O–H groups in total. The number of aryl methyl sites for hydroxylation is 1. The number of furan rings is 1. The molecule has 2 heterocycles. The van der Waals surface area contributed by atoms with Gasteiger partial charge in [-0.3, -0.25) is 9.63 Å². The Hall–Kier alpha value is -2.93. The van der Waals surface area contributed by atoms with Crippen molar-refractivity contribution in [2.24, 2.45) is 0 Å². The average Bonchev–Trinajstić information content (AvgIpc) is 3.19. The average molecular weight is 329 g/mol. The molecule has 1 aromatic carbocycles. The number of rotatable bonds is 5. The highest BCUT2D eigenvalue weighted by Gasteiger charge is 2.19. The molecule has 2 aromatic heterocycles. The molecular formula is C17H16FN3O3. The van der Waals surface area contributed by atoms with E-state index in [0.29, 0.717) is 23.7 Å². The summed E-state index contributed by atoms with van der Waals surface area (Å²) < 4.78 is 20.1. The number of aromatic nitrogens is 2. The van der Waals surface area contributed by atoms with Crippen LogP contribution in [0.5, 0.6) is 0 Å². The summed E-state index contributed by atoms with van der Waals surface area (Å²) in [4.78, 5) is 17.3. The van der Waals surface area contributed by atoms with E-state index >= 15 is 0 Å². The first-order valence-electron chi connectivity index (χ1n) is 7.43. The van der Waals surface area contributed by atoms with E-state index in [0.717, 1.165) is 5.76 Å². The van der Waals surface area contributed by atoms with Crippen molar-refractivity contribution in [2.75, 3.05) is 6.61 Å². The zero-order chi connectivity index (χ0) is 17.1.